The third-order valence-electron chi connectivity index (χ3n) is 9.38. The Balaban J connectivity index is 1.17. The van der Waals surface area contributed by atoms with Crippen LogP contribution in [0.1, 0.15) is 91.0 Å². The lowest BCUT2D eigenvalue weighted by molar-refractivity contribution is -0.153. The Hall–Kier alpha value is -4.60. The Bertz CT molecular complexity index is 1920. The van der Waals surface area contributed by atoms with Crippen LogP contribution in [0.3, 0.4) is 0 Å². The maximum atomic E-state index is 12.9. The highest BCUT2D eigenvalue weighted by atomic mass is 28.3. The molecule has 2 saturated heterocycles. The number of benzene rings is 1. The van der Waals surface area contributed by atoms with E-state index in [0.717, 1.165) is 71.5 Å². The predicted octanol–water partition coefficient (Wildman–Crippen LogP) is 8.79. The highest BCUT2D eigenvalue weighted by Gasteiger charge is 2.36. The number of imidazole rings is 2. The molecule has 2 aliphatic rings. The number of nitrogens with one attached hydrogen (secondary N) is 1. The highest BCUT2D eigenvalue weighted by Crippen LogP contribution is 2.36. The molecule has 6 rings (SSSR count). The van der Waals surface area contributed by atoms with Gasteiger partial charge in [-0.25, -0.2) is 29.5 Å². The number of rotatable bonds is 11. The van der Waals surface area contributed by atoms with Gasteiger partial charge in [0.2, 0.25) is 0 Å². The number of hydrogen-bond acceptors (Lipinski definition) is 11. The van der Waals surface area contributed by atoms with Gasteiger partial charge in [-0.05, 0) is 78.8 Å². The molecule has 0 aliphatic carbocycles. The second kappa shape index (κ2) is 16.2. The molecule has 15 heteroatoms. The van der Waals surface area contributed by atoms with E-state index in [2.05, 4.69) is 29.6 Å². The van der Waals surface area contributed by atoms with Crippen LogP contribution < -0.4 is 0 Å². The van der Waals surface area contributed by atoms with Crippen LogP contribution in [-0.2, 0) is 25.8 Å². The van der Waals surface area contributed by atoms with Crippen LogP contribution in [0.25, 0.3) is 33.9 Å². The van der Waals surface area contributed by atoms with Crippen molar-refractivity contribution in [2.24, 2.45) is 0 Å². The van der Waals surface area contributed by atoms with Gasteiger partial charge >= 0.3 is 12.2 Å². The van der Waals surface area contributed by atoms with E-state index >= 15 is 0 Å². The minimum absolute atomic E-state index is 0.151. The fourth-order valence-corrected chi connectivity index (χ4v) is 7.44. The standard InChI is InChI=1S/C40H56N8O6Si/c1-39(2,3)52-37(49)46-18-10-12-31(46)35-43-24-30(45-35)27-14-16-28(17-15-27)34-41-22-29(23-42-34)33-25-44-36(47(33)26-51-20-21-55(7,8)9)32-13-11-19-48(32)54-38(50)53-40(4,5)6/h14-17,22-25,31-32H,10-13,18-21,26H2,1-9H3,(H,43,45)/t31-,32-/m0/s1. The Morgan fingerprint density at radius 3 is 2.13 bits per heavy atom. The molecule has 296 valence electrons. The summed E-state index contributed by atoms with van der Waals surface area (Å²) in [5.41, 5.74) is 3.08. The molecule has 0 radical (unpaired) electrons. The molecule has 55 heavy (non-hydrogen) atoms. The highest BCUT2D eigenvalue weighted by molar-refractivity contribution is 6.76. The molecule has 0 bridgehead atoms. The van der Waals surface area contributed by atoms with Crippen LogP contribution in [0, 0.1) is 0 Å². The lowest BCUT2D eigenvalue weighted by Gasteiger charge is -2.27. The molecule has 1 amide bonds. The van der Waals surface area contributed by atoms with Gasteiger partial charge in [0.05, 0.1) is 29.8 Å². The number of hydrogen-bond donors (Lipinski definition) is 1. The lowest BCUT2D eigenvalue weighted by atomic mass is 10.1. The molecule has 2 aliphatic heterocycles. The smallest absolute Gasteiger partial charge is 0.444 e. The van der Waals surface area contributed by atoms with E-state index < -0.39 is 25.4 Å². The minimum Gasteiger partial charge on any atom is -0.444 e. The molecular formula is C40H56N8O6Si. The molecular weight excluding hydrogens is 717 g/mol. The fraction of sp³-hybridized carbons (Fsp3) is 0.550. The van der Waals surface area contributed by atoms with Crippen LogP contribution in [0.2, 0.25) is 25.7 Å². The number of likely N-dealkylation sites (tertiary alicyclic amines) is 1. The van der Waals surface area contributed by atoms with Gasteiger partial charge in [0, 0.05) is 51.3 Å². The van der Waals surface area contributed by atoms with Gasteiger partial charge in [-0.1, -0.05) is 43.9 Å². The molecule has 14 nitrogen and oxygen atoms in total. The van der Waals surface area contributed by atoms with E-state index in [1.807, 2.05) is 82.8 Å². The zero-order valence-corrected chi connectivity index (χ0v) is 34.7. The number of carbonyl (C=O) groups excluding carboxylic acids is 2. The summed E-state index contributed by atoms with van der Waals surface area (Å²) in [7, 11) is -1.30. The zero-order chi connectivity index (χ0) is 39.5. The third kappa shape index (κ3) is 10.4. The first-order valence-corrected chi connectivity index (χ1v) is 22.9. The number of aromatic nitrogens is 6. The maximum Gasteiger partial charge on any atom is 0.528 e. The Morgan fingerprint density at radius 1 is 0.800 bits per heavy atom. The minimum atomic E-state index is -1.30. The van der Waals surface area contributed by atoms with Crippen molar-refractivity contribution in [1.82, 2.24) is 39.5 Å². The van der Waals surface area contributed by atoms with Crippen molar-refractivity contribution in [2.45, 2.75) is 123 Å². The first kappa shape index (κ1) is 40.1. The molecule has 2 fully saturated rings. The number of carbonyl (C=O) groups is 2. The van der Waals surface area contributed by atoms with E-state index in [9.17, 15) is 9.59 Å². The van der Waals surface area contributed by atoms with Gasteiger partial charge in [0.15, 0.2) is 5.82 Å². The largest absolute Gasteiger partial charge is 0.528 e. The summed E-state index contributed by atoms with van der Waals surface area (Å²) in [5.74, 6) is 2.09. The summed E-state index contributed by atoms with van der Waals surface area (Å²) < 4.78 is 19.3. The molecule has 4 aromatic rings. The van der Waals surface area contributed by atoms with Gasteiger partial charge in [-0.2, -0.15) is 0 Å². The van der Waals surface area contributed by atoms with Crippen molar-refractivity contribution in [3.63, 3.8) is 0 Å². The first-order valence-electron chi connectivity index (χ1n) is 19.2. The molecule has 0 unspecified atom stereocenters. The van der Waals surface area contributed by atoms with E-state index in [0.29, 0.717) is 32.3 Å². The second-order valence-electron chi connectivity index (χ2n) is 17.5. The van der Waals surface area contributed by atoms with E-state index in [4.69, 9.17) is 34.0 Å². The van der Waals surface area contributed by atoms with Crippen LogP contribution in [0.4, 0.5) is 9.59 Å². The molecule has 2 atom stereocenters. The Labute approximate surface area is 324 Å². The normalized spacial score (nSPS) is 18.2. The number of hydroxylamine groups is 2. The van der Waals surface area contributed by atoms with Gasteiger partial charge in [0.25, 0.3) is 0 Å². The van der Waals surface area contributed by atoms with Crippen molar-refractivity contribution in [1.29, 1.82) is 0 Å². The zero-order valence-electron chi connectivity index (χ0n) is 33.7. The second-order valence-corrected chi connectivity index (χ2v) is 23.1. The molecule has 0 saturated carbocycles. The summed E-state index contributed by atoms with van der Waals surface area (Å²) in [4.78, 5) is 55.3. The number of amides is 1. The quantitative estimate of drug-likeness (QED) is 0.0885. The van der Waals surface area contributed by atoms with Crippen molar-refractivity contribution >= 4 is 20.3 Å². The fourth-order valence-electron chi connectivity index (χ4n) is 6.68. The maximum absolute atomic E-state index is 12.9. The Morgan fingerprint density at radius 2 is 1.45 bits per heavy atom. The molecule has 5 heterocycles. The lowest BCUT2D eigenvalue weighted by Crippen LogP contribution is -2.36. The van der Waals surface area contributed by atoms with Crippen LogP contribution in [0.15, 0.2) is 49.1 Å². The summed E-state index contributed by atoms with van der Waals surface area (Å²) in [6.45, 7) is 20.2. The van der Waals surface area contributed by atoms with Gasteiger partial charge in [-0.15, -0.1) is 5.06 Å². The average molecular weight is 773 g/mol. The van der Waals surface area contributed by atoms with E-state index in [-0.39, 0.29) is 18.2 Å². The van der Waals surface area contributed by atoms with Gasteiger partial charge in [0.1, 0.15) is 35.6 Å². The summed E-state index contributed by atoms with van der Waals surface area (Å²) in [5, 5.41) is 1.67. The van der Waals surface area contributed by atoms with Gasteiger partial charge < -0.3 is 28.6 Å². The van der Waals surface area contributed by atoms with Crippen molar-refractivity contribution < 1.29 is 28.6 Å². The van der Waals surface area contributed by atoms with Crippen LogP contribution in [-0.4, -0.2) is 90.7 Å². The Kier molecular flexibility index (Phi) is 11.8. The summed E-state index contributed by atoms with van der Waals surface area (Å²) in [6, 6.07) is 8.62. The first-order chi connectivity index (χ1) is 25.9. The summed E-state index contributed by atoms with van der Waals surface area (Å²) in [6.07, 6.45) is 9.52. The third-order valence-corrected chi connectivity index (χ3v) is 11.1. The summed E-state index contributed by atoms with van der Waals surface area (Å²) >= 11 is 0. The molecule has 3 aromatic heterocycles. The van der Waals surface area contributed by atoms with E-state index in [1.54, 1.807) is 22.4 Å². The number of ether oxygens (including phenoxy) is 3. The van der Waals surface area contributed by atoms with Crippen LogP contribution in [0.5, 0.6) is 0 Å². The number of H-pyrrole nitrogens is 1. The predicted molar refractivity (Wildman–Crippen MR) is 211 cm³/mol. The van der Waals surface area contributed by atoms with E-state index in [1.165, 1.54) is 0 Å². The van der Waals surface area contributed by atoms with Gasteiger partial charge in [-0.3, -0.25) is 4.90 Å². The molecule has 1 aromatic carbocycles. The SMILES string of the molecule is CC(C)(C)OC(=O)ON1CCC[C@H]1c1ncc(-c2cnc(-c3ccc(-c4cnc([C@@H]5CCCN5C(=O)OC(C)(C)C)[nH]4)cc3)nc2)n1COCC[Si](C)(C)C. The monoisotopic (exact) mass is 772 g/mol. The van der Waals surface area contributed by atoms with Crippen molar-refractivity contribution in [3.8, 4) is 33.9 Å². The van der Waals surface area contributed by atoms with Crippen molar-refractivity contribution in [2.75, 3.05) is 19.7 Å². The topological polar surface area (TPSA) is 150 Å². The number of aromatic amines is 1. The molecule has 0 spiro atoms. The van der Waals surface area contributed by atoms with Crippen LogP contribution >= 0.6 is 0 Å². The van der Waals surface area contributed by atoms with Crippen molar-refractivity contribution in [3.05, 3.63) is 60.7 Å². The average Bonchev–Trinajstić information content (AvgIpc) is 3.92. The number of nitrogens with zero attached hydrogens (tertiary/aromatic N) is 7. The molecule has 1 N–H and O–H groups in total.